The van der Waals surface area contributed by atoms with E-state index in [1.165, 1.54) is 23.7 Å². The van der Waals surface area contributed by atoms with Crippen molar-refractivity contribution in [2.24, 2.45) is 0 Å². The molecule has 3 aliphatic heterocycles. The van der Waals surface area contributed by atoms with E-state index in [4.69, 9.17) is 4.74 Å². The number of cyclic esters (lactones) is 1. The van der Waals surface area contributed by atoms with E-state index in [0.717, 1.165) is 25.7 Å². The number of hydrogen-bond acceptors (Lipinski definition) is 5. The molecule has 3 fully saturated rings. The number of hydrogen-bond donors (Lipinski definition) is 0. The summed E-state index contributed by atoms with van der Waals surface area (Å²) < 4.78 is 22.0. The van der Waals surface area contributed by atoms with Crippen LogP contribution in [0.5, 0.6) is 0 Å². The molecule has 3 aliphatic rings. The molecule has 3 atom stereocenters. The van der Waals surface area contributed by atoms with Crippen molar-refractivity contribution in [1.29, 1.82) is 0 Å². The van der Waals surface area contributed by atoms with Gasteiger partial charge in [0.2, 0.25) is 0 Å². The van der Waals surface area contributed by atoms with Crippen molar-refractivity contribution in [2.45, 2.75) is 56.8 Å². The molecule has 4 heterocycles. The normalized spacial score (nSPS) is 27.3. The number of ether oxygens (including phenoxy) is 1. The third kappa shape index (κ3) is 2.93. The first-order valence-electron chi connectivity index (χ1n) is 9.57. The van der Waals surface area contributed by atoms with Crippen LogP contribution in [0, 0.1) is 5.82 Å². The maximum absolute atomic E-state index is 14.9. The van der Waals surface area contributed by atoms with Crippen LogP contribution in [-0.4, -0.2) is 45.6 Å². The summed E-state index contributed by atoms with van der Waals surface area (Å²) in [5, 5.41) is 4.03. The fraction of sp³-hybridized carbons (Fsp3) is 0.526. The Hall–Kier alpha value is -2.64. The van der Waals surface area contributed by atoms with Crippen molar-refractivity contribution in [2.75, 3.05) is 16.3 Å². The van der Waals surface area contributed by atoms with Gasteiger partial charge in [-0.2, -0.15) is 5.10 Å². The van der Waals surface area contributed by atoms with E-state index < -0.39 is 6.09 Å². The fourth-order valence-corrected chi connectivity index (χ4v) is 4.75. The topological polar surface area (TPSA) is 63.5 Å². The molecule has 0 saturated carbocycles. The molecule has 0 aliphatic carbocycles. The third-order valence-electron chi connectivity index (χ3n) is 5.95. The van der Waals surface area contributed by atoms with Gasteiger partial charge < -0.3 is 9.64 Å². The van der Waals surface area contributed by atoms with Crippen LogP contribution in [0.4, 0.5) is 20.6 Å². The number of anilines is 2. The second-order valence-corrected chi connectivity index (χ2v) is 7.59. The summed E-state index contributed by atoms with van der Waals surface area (Å²) in [4.78, 5) is 19.9. The Balaban J connectivity index is 1.34. The molecule has 1 aromatic heterocycles. The number of fused-ring (bicyclic) bond motifs is 2. The van der Waals surface area contributed by atoms with E-state index in [1.54, 1.807) is 11.0 Å². The highest BCUT2D eigenvalue weighted by atomic mass is 19.1. The number of aromatic nitrogens is 3. The van der Waals surface area contributed by atoms with Gasteiger partial charge in [0, 0.05) is 12.1 Å². The molecule has 1 amide bonds. The molecule has 142 valence electrons. The molecule has 7 nitrogen and oxygen atoms in total. The maximum Gasteiger partial charge on any atom is 0.414 e. The molecule has 5 rings (SSSR count). The minimum absolute atomic E-state index is 0.265. The van der Waals surface area contributed by atoms with Crippen LogP contribution in [0.1, 0.15) is 32.1 Å². The van der Waals surface area contributed by atoms with Crippen molar-refractivity contribution >= 4 is 17.5 Å². The van der Waals surface area contributed by atoms with Gasteiger partial charge in [0.05, 0.1) is 24.5 Å². The average molecular weight is 371 g/mol. The monoisotopic (exact) mass is 371 g/mol. The minimum Gasteiger partial charge on any atom is -0.442 e. The van der Waals surface area contributed by atoms with E-state index in [9.17, 15) is 9.18 Å². The van der Waals surface area contributed by atoms with Gasteiger partial charge in [0.15, 0.2) is 0 Å². The van der Waals surface area contributed by atoms with Gasteiger partial charge in [-0.15, -0.1) is 0 Å². The summed E-state index contributed by atoms with van der Waals surface area (Å²) in [6, 6.07) is 6.01. The maximum atomic E-state index is 14.9. The zero-order chi connectivity index (χ0) is 18.4. The van der Waals surface area contributed by atoms with Crippen LogP contribution in [0.15, 0.2) is 30.9 Å². The zero-order valence-electron chi connectivity index (χ0n) is 15.0. The van der Waals surface area contributed by atoms with Gasteiger partial charge in [-0.05, 0) is 50.3 Å². The lowest BCUT2D eigenvalue weighted by atomic mass is 10.0. The highest BCUT2D eigenvalue weighted by molar-refractivity contribution is 5.90. The molecule has 27 heavy (non-hydrogen) atoms. The largest absolute Gasteiger partial charge is 0.442 e. The second kappa shape index (κ2) is 6.51. The zero-order valence-corrected chi connectivity index (χ0v) is 15.0. The van der Waals surface area contributed by atoms with Crippen LogP contribution >= 0.6 is 0 Å². The van der Waals surface area contributed by atoms with E-state index in [0.29, 0.717) is 36.5 Å². The molecule has 0 spiro atoms. The number of halogens is 1. The Morgan fingerprint density at radius 1 is 1.19 bits per heavy atom. The van der Waals surface area contributed by atoms with E-state index in [1.807, 2.05) is 12.1 Å². The number of piperidine rings is 1. The first-order chi connectivity index (χ1) is 13.2. The Bertz CT molecular complexity index is 827. The summed E-state index contributed by atoms with van der Waals surface area (Å²) in [7, 11) is 0. The smallest absolute Gasteiger partial charge is 0.414 e. The highest BCUT2D eigenvalue weighted by Crippen LogP contribution is 2.41. The van der Waals surface area contributed by atoms with Crippen LogP contribution in [0.3, 0.4) is 0 Å². The van der Waals surface area contributed by atoms with E-state index in [2.05, 4.69) is 15.0 Å². The first-order valence-corrected chi connectivity index (χ1v) is 9.57. The van der Waals surface area contributed by atoms with Gasteiger partial charge in [-0.3, -0.25) is 4.90 Å². The van der Waals surface area contributed by atoms with Gasteiger partial charge in [0.25, 0.3) is 0 Å². The van der Waals surface area contributed by atoms with E-state index in [-0.39, 0.29) is 11.9 Å². The van der Waals surface area contributed by atoms with E-state index >= 15 is 0 Å². The van der Waals surface area contributed by atoms with Gasteiger partial charge in [-0.25, -0.2) is 18.9 Å². The van der Waals surface area contributed by atoms with Gasteiger partial charge in [0.1, 0.15) is 24.6 Å². The second-order valence-electron chi connectivity index (χ2n) is 7.59. The average Bonchev–Trinajstić information content (AvgIpc) is 3.34. The highest BCUT2D eigenvalue weighted by Gasteiger charge is 2.38. The van der Waals surface area contributed by atoms with Crippen LogP contribution in [0.25, 0.3) is 0 Å². The number of amides is 1. The SMILES string of the molecule is O=C1O[C@@H](Cn2cncn2)CN1c1ccc(N2C3CCCC2CC3)c(F)c1. The lowest BCUT2D eigenvalue weighted by Crippen LogP contribution is -2.40. The molecule has 3 saturated heterocycles. The molecular weight excluding hydrogens is 349 g/mol. The standard InChI is InChI=1S/C19H22FN5O2/c20-17-8-15(6-7-18(17)25-13-2-1-3-14(25)5-4-13)24-10-16(27-19(24)26)9-23-12-21-11-22-23/h6-8,11-14,16H,1-5,9-10H2/t13?,14?,16-/m0/s1. The summed E-state index contributed by atoms with van der Waals surface area (Å²) in [5.74, 6) is -0.265. The number of nitrogens with zero attached hydrogens (tertiary/aromatic N) is 5. The fourth-order valence-electron chi connectivity index (χ4n) is 4.75. The lowest BCUT2D eigenvalue weighted by Gasteiger charge is -2.37. The number of carbonyl (C=O) groups is 1. The predicted octanol–water partition coefficient (Wildman–Crippen LogP) is 2.96. The first kappa shape index (κ1) is 16.5. The lowest BCUT2D eigenvalue weighted by molar-refractivity contribution is 0.129. The minimum atomic E-state index is -0.453. The van der Waals surface area contributed by atoms with Crippen molar-refractivity contribution in [1.82, 2.24) is 14.8 Å². The Labute approximate surface area is 156 Å². The molecular formula is C19H22FN5O2. The quantitative estimate of drug-likeness (QED) is 0.827. The molecule has 0 radical (unpaired) electrons. The predicted molar refractivity (Wildman–Crippen MR) is 97.2 cm³/mol. The Kier molecular flexibility index (Phi) is 3.98. The summed E-state index contributed by atoms with van der Waals surface area (Å²) in [5.41, 5.74) is 1.20. The third-order valence-corrected chi connectivity index (χ3v) is 5.95. The summed E-state index contributed by atoms with van der Waals surface area (Å²) in [6.45, 7) is 0.798. The van der Waals surface area contributed by atoms with Crippen LogP contribution in [0.2, 0.25) is 0 Å². The number of rotatable bonds is 4. The summed E-state index contributed by atoms with van der Waals surface area (Å²) in [6.07, 6.45) is 8.04. The van der Waals surface area contributed by atoms with Crippen molar-refractivity contribution in [3.05, 3.63) is 36.7 Å². The van der Waals surface area contributed by atoms with Crippen LogP contribution < -0.4 is 9.80 Å². The number of benzene rings is 1. The Morgan fingerprint density at radius 3 is 2.70 bits per heavy atom. The van der Waals surface area contributed by atoms with Crippen molar-refractivity contribution < 1.29 is 13.9 Å². The molecule has 2 bridgehead atoms. The van der Waals surface area contributed by atoms with Crippen LogP contribution in [-0.2, 0) is 11.3 Å². The molecule has 0 N–H and O–H groups in total. The van der Waals surface area contributed by atoms with Gasteiger partial charge >= 0.3 is 6.09 Å². The number of carbonyl (C=O) groups excluding carboxylic acids is 1. The summed E-state index contributed by atoms with van der Waals surface area (Å²) >= 11 is 0. The van der Waals surface area contributed by atoms with Gasteiger partial charge in [-0.1, -0.05) is 0 Å². The molecule has 8 heteroatoms. The molecule has 2 unspecified atom stereocenters. The Morgan fingerprint density at radius 2 is 2.00 bits per heavy atom. The van der Waals surface area contributed by atoms with Crippen molar-refractivity contribution in [3.8, 4) is 0 Å². The molecule has 1 aromatic carbocycles. The van der Waals surface area contributed by atoms with Crippen molar-refractivity contribution in [3.63, 3.8) is 0 Å². The molecule has 2 aromatic rings.